The second kappa shape index (κ2) is 8.91. The Kier molecular flexibility index (Phi) is 5.89. The lowest BCUT2D eigenvalue weighted by Crippen LogP contribution is -2.39. The van der Waals surface area contributed by atoms with Crippen molar-refractivity contribution in [3.8, 4) is 0 Å². The zero-order valence-electron chi connectivity index (χ0n) is 17.4. The number of benzene rings is 2. The summed E-state index contributed by atoms with van der Waals surface area (Å²) in [5.74, 6) is 0.792. The summed E-state index contributed by atoms with van der Waals surface area (Å²) in [6.45, 7) is 2.55. The summed E-state index contributed by atoms with van der Waals surface area (Å²) >= 11 is 0. The van der Waals surface area contributed by atoms with E-state index >= 15 is 0 Å². The van der Waals surface area contributed by atoms with Gasteiger partial charge in [0, 0.05) is 30.9 Å². The molecule has 5 heteroatoms. The van der Waals surface area contributed by atoms with Gasteiger partial charge in [0.25, 0.3) is 5.91 Å². The third-order valence-electron chi connectivity index (χ3n) is 5.54. The minimum absolute atomic E-state index is 0.0441. The lowest BCUT2D eigenvalue weighted by Gasteiger charge is -2.29. The molecule has 30 heavy (non-hydrogen) atoms. The van der Waals surface area contributed by atoms with Crippen LogP contribution in [0.3, 0.4) is 0 Å². The molecule has 1 unspecified atom stereocenters. The SMILES string of the molecule is CC(CCc1ccccc1)N(Cc1nccn1C)C(=O)c1ccc2ccccc2n1. The first kappa shape index (κ1) is 19.8. The van der Waals surface area contributed by atoms with Gasteiger partial charge in [0.05, 0.1) is 12.1 Å². The quantitative estimate of drug-likeness (QED) is 0.456. The first-order valence-electron chi connectivity index (χ1n) is 10.3. The van der Waals surface area contributed by atoms with Crippen LogP contribution in [0, 0.1) is 0 Å². The first-order chi connectivity index (χ1) is 14.6. The van der Waals surface area contributed by atoms with E-state index in [4.69, 9.17) is 0 Å². The lowest BCUT2D eigenvalue weighted by molar-refractivity contribution is 0.0654. The van der Waals surface area contributed by atoms with E-state index in [0.717, 1.165) is 29.6 Å². The molecule has 1 atom stereocenters. The number of para-hydroxylation sites is 1. The zero-order chi connectivity index (χ0) is 20.9. The molecule has 4 aromatic rings. The number of nitrogens with zero attached hydrogens (tertiary/aromatic N) is 4. The fraction of sp³-hybridized carbons (Fsp3) is 0.240. The van der Waals surface area contributed by atoms with Crippen molar-refractivity contribution in [1.29, 1.82) is 0 Å². The van der Waals surface area contributed by atoms with Gasteiger partial charge < -0.3 is 9.47 Å². The zero-order valence-corrected chi connectivity index (χ0v) is 17.4. The summed E-state index contributed by atoms with van der Waals surface area (Å²) in [4.78, 5) is 24.5. The molecule has 0 aliphatic heterocycles. The van der Waals surface area contributed by atoms with Crippen LogP contribution in [-0.4, -0.2) is 31.4 Å². The van der Waals surface area contributed by atoms with Crippen molar-refractivity contribution in [3.05, 3.63) is 96.2 Å². The Morgan fingerprint density at radius 2 is 1.80 bits per heavy atom. The van der Waals surface area contributed by atoms with Crippen LogP contribution in [0.1, 0.15) is 35.2 Å². The number of carbonyl (C=O) groups excluding carboxylic acids is 1. The number of aryl methyl sites for hydroxylation is 2. The number of aromatic nitrogens is 3. The Bertz CT molecular complexity index is 1140. The Hall–Kier alpha value is -3.47. The maximum Gasteiger partial charge on any atom is 0.273 e. The molecule has 0 spiro atoms. The molecule has 0 N–H and O–H groups in total. The molecule has 0 bridgehead atoms. The summed E-state index contributed by atoms with van der Waals surface area (Å²) in [6, 6.07) is 22.1. The molecule has 0 saturated heterocycles. The molecule has 2 aromatic heterocycles. The fourth-order valence-corrected chi connectivity index (χ4v) is 3.64. The predicted molar refractivity (Wildman–Crippen MR) is 119 cm³/mol. The highest BCUT2D eigenvalue weighted by atomic mass is 16.2. The number of amides is 1. The largest absolute Gasteiger partial charge is 0.337 e. The molecule has 0 radical (unpaired) electrons. The maximum atomic E-state index is 13.5. The molecular formula is C25H26N4O. The van der Waals surface area contributed by atoms with E-state index in [1.54, 1.807) is 6.20 Å². The van der Waals surface area contributed by atoms with Crippen molar-refractivity contribution < 1.29 is 4.79 Å². The van der Waals surface area contributed by atoms with E-state index in [2.05, 4.69) is 41.2 Å². The lowest BCUT2D eigenvalue weighted by atomic mass is 10.0. The van der Waals surface area contributed by atoms with Crippen molar-refractivity contribution in [3.63, 3.8) is 0 Å². The van der Waals surface area contributed by atoms with E-state index in [9.17, 15) is 4.79 Å². The van der Waals surface area contributed by atoms with Gasteiger partial charge in [-0.15, -0.1) is 0 Å². The van der Waals surface area contributed by atoms with Gasteiger partial charge >= 0.3 is 0 Å². The standard InChI is InChI=1S/C25H26N4O/c1-19(12-13-20-8-4-3-5-9-20)29(18-24-26-16-17-28(24)2)25(30)23-15-14-21-10-6-7-11-22(21)27-23/h3-11,14-17,19H,12-13,18H2,1-2H3. The Labute approximate surface area is 177 Å². The number of hydrogen-bond acceptors (Lipinski definition) is 3. The van der Waals surface area contributed by atoms with Crippen molar-refractivity contribution >= 4 is 16.8 Å². The summed E-state index contributed by atoms with van der Waals surface area (Å²) in [5, 5.41) is 1.03. The third-order valence-corrected chi connectivity index (χ3v) is 5.54. The number of pyridine rings is 1. The minimum atomic E-state index is -0.0654. The molecule has 152 valence electrons. The second-order valence-corrected chi connectivity index (χ2v) is 7.65. The molecule has 2 aromatic carbocycles. The molecule has 0 fully saturated rings. The topological polar surface area (TPSA) is 51.0 Å². The molecule has 1 amide bonds. The highest BCUT2D eigenvalue weighted by molar-refractivity contribution is 5.95. The van der Waals surface area contributed by atoms with Crippen molar-refractivity contribution in [2.45, 2.75) is 32.4 Å². The van der Waals surface area contributed by atoms with Crippen LogP contribution >= 0.6 is 0 Å². The Morgan fingerprint density at radius 1 is 1.03 bits per heavy atom. The van der Waals surface area contributed by atoms with Crippen LogP contribution in [0.2, 0.25) is 0 Å². The molecule has 5 nitrogen and oxygen atoms in total. The summed E-state index contributed by atoms with van der Waals surface area (Å²) in [6.07, 6.45) is 5.45. The van der Waals surface area contributed by atoms with Crippen LogP contribution in [0.25, 0.3) is 10.9 Å². The summed E-state index contributed by atoms with van der Waals surface area (Å²) in [5.41, 5.74) is 2.57. The predicted octanol–water partition coefficient (Wildman–Crippen LogP) is 4.63. The van der Waals surface area contributed by atoms with Gasteiger partial charge in [-0.2, -0.15) is 0 Å². The first-order valence-corrected chi connectivity index (χ1v) is 10.3. The van der Waals surface area contributed by atoms with E-state index in [1.807, 2.05) is 65.2 Å². The normalized spacial score (nSPS) is 12.1. The minimum Gasteiger partial charge on any atom is -0.337 e. The van der Waals surface area contributed by atoms with Crippen molar-refractivity contribution in [2.24, 2.45) is 7.05 Å². The second-order valence-electron chi connectivity index (χ2n) is 7.65. The molecule has 0 saturated carbocycles. The molecular weight excluding hydrogens is 372 g/mol. The van der Waals surface area contributed by atoms with Crippen molar-refractivity contribution in [2.75, 3.05) is 0 Å². The van der Waals surface area contributed by atoms with E-state index < -0.39 is 0 Å². The van der Waals surface area contributed by atoms with Crippen LogP contribution in [-0.2, 0) is 20.0 Å². The fourth-order valence-electron chi connectivity index (χ4n) is 3.64. The number of carbonyl (C=O) groups is 1. The average Bonchev–Trinajstić information content (AvgIpc) is 3.20. The number of fused-ring (bicyclic) bond motifs is 1. The maximum absolute atomic E-state index is 13.5. The highest BCUT2D eigenvalue weighted by Crippen LogP contribution is 2.18. The van der Waals surface area contributed by atoms with E-state index in [-0.39, 0.29) is 11.9 Å². The van der Waals surface area contributed by atoms with E-state index in [0.29, 0.717) is 12.2 Å². The van der Waals surface area contributed by atoms with E-state index in [1.165, 1.54) is 5.56 Å². The summed E-state index contributed by atoms with van der Waals surface area (Å²) in [7, 11) is 1.95. The van der Waals surface area contributed by atoms with Crippen LogP contribution in [0.15, 0.2) is 79.1 Å². The average molecular weight is 399 g/mol. The smallest absolute Gasteiger partial charge is 0.273 e. The highest BCUT2D eigenvalue weighted by Gasteiger charge is 2.24. The van der Waals surface area contributed by atoms with Crippen LogP contribution < -0.4 is 0 Å². The number of hydrogen-bond donors (Lipinski definition) is 0. The van der Waals surface area contributed by atoms with Gasteiger partial charge in [-0.3, -0.25) is 4.79 Å². The molecule has 0 aliphatic rings. The molecule has 2 heterocycles. The Balaban J connectivity index is 1.59. The van der Waals surface area contributed by atoms with Crippen LogP contribution in [0.5, 0.6) is 0 Å². The van der Waals surface area contributed by atoms with Gasteiger partial charge in [-0.25, -0.2) is 9.97 Å². The van der Waals surface area contributed by atoms with Gasteiger partial charge in [0.2, 0.25) is 0 Å². The Morgan fingerprint density at radius 3 is 2.57 bits per heavy atom. The monoisotopic (exact) mass is 398 g/mol. The van der Waals surface area contributed by atoms with Crippen LogP contribution in [0.4, 0.5) is 0 Å². The number of imidazole rings is 1. The van der Waals surface area contributed by atoms with Gasteiger partial charge in [0.15, 0.2) is 0 Å². The number of rotatable bonds is 7. The van der Waals surface area contributed by atoms with Gasteiger partial charge in [0.1, 0.15) is 11.5 Å². The third kappa shape index (κ3) is 4.40. The molecule has 0 aliphatic carbocycles. The molecule has 4 rings (SSSR count). The van der Waals surface area contributed by atoms with Gasteiger partial charge in [-0.1, -0.05) is 54.6 Å². The van der Waals surface area contributed by atoms with Crippen molar-refractivity contribution in [1.82, 2.24) is 19.4 Å². The summed E-state index contributed by atoms with van der Waals surface area (Å²) < 4.78 is 1.96. The van der Waals surface area contributed by atoms with Gasteiger partial charge in [-0.05, 0) is 37.5 Å².